The van der Waals surface area contributed by atoms with Crippen LogP contribution in [0.15, 0.2) is 16.6 Å². The van der Waals surface area contributed by atoms with Gasteiger partial charge in [0.05, 0.1) is 4.47 Å². The fourth-order valence-corrected chi connectivity index (χ4v) is 3.71. The molecule has 0 heterocycles. The Morgan fingerprint density at radius 2 is 2.05 bits per heavy atom. The minimum absolute atomic E-state index is 0.0660. The molecule has 1 aromatic rings. The zero-order valence-corrected chi connectivity index (χ0v) is 13.9. The first-order valence-corrected chi connectivity index (χ1v) is 7.93. The van der Waals surface area contributed by atoms with Gasteiger partial charge in [0.2, 0.25) is 0 Å². The fourth-order valence-electron chi connectivity index (χ4n) is 3.37. The minimum Gasteiger partial charge on any atom is -0.319 e. The summed E-state index contributed by atoms with van der Waals surface area (Å²) in [5.41, 5.74) is 0.392. The Kier molecular flexibility index (Phi) is 4.85. The van der Waals surface area contributed by atoms with Crippen LogP contribution in [0.5, 0.6) is 0 Å². The number of hydrogen-bond acceptors (Lipinski definition) is 1. The molecule has 1 nitrogen and oxygen atoms in total. The van der Waals surface area contributed by atoms with Crippen molar-refractivity contribution in [3.63, 3.8) is 0 Å². The van der Waals surface area contributed by atoms with Gasteiger partial charge in [-0.25, -0.2) is 8.78 Å². The number of halogens is 3. The quantitative estimate of drug-likeness (QED) is 0.771. The van der Waals surface area contributed by atoms with Crippen LogP contribution in [-0.2, 0) is 0 Å². The summed E-state index contributed by atoms with van der Waals surface area (Å²) in [7, 11) is 1.89. The van der Waals surface area contributed by atoms with Crippen LogP contribution in [0, 0.1) is 23.0 Å². The Hall–Kier alpha value is -0.480. The van der Waals surface area contributed by atoms with Crippen LogP contribution in [0.25, 0.3) is 0 Å². The third-order valence-electron chi connectivity index (χ3n) is 4.45. The summed E-state index contributed by atoms with van der Waals surface area (Å²) in [4.78, 5) is 0. The maximum Gasteiger partial charge on any atom is 0.143 e. The average molecular weight is 346 g/mol. The molecule has 0 spiro atoms. The first kappa shape index (κ1) is 15.9. The van der Waals surface area contributed by atoms with E-state index in [2.05, 4.69) is 35.1 Å². The SMILES string of the molecule is CNCC1CCC(C)(C)CC1c1c(F)ccc(Br)c1F. The van der Waals surface area contributed by atoms with Crippen LogP contribution < -0.4 is 5.32 Å². The van der Waals surface area contributed by atoms with E-state index in [9.17, 15) is 8.78 Å². The summed E-state index contributed by atoms with van der Waals surface area (Å²) in [6.45, 7) is 5.17. The smallest absolute Gasteiger partial charge is 0.143 e. The van der Waals surface area contributed by atoms with E-state index in [0.29, 0.717) is 4.47 Å². The van der Waals surface area contributed by atoms with Gasteiger partial charge < -0.3 is 5.32 Å². The maximum absolute atomic E-state index is 14.4. The van der Waals surface area contributed by atoms with Gasteiger partial charge in [-0.3, -0.25) is 0 Å². The molecule has 1 aromatic carbocycles. The average Bonchev–Trinajstić information content (AvgIpc) is 2.37. The van der Waals surface area contributed by atoms with Crippen molar-refractivity contribution >= 4 is 15.9 Å². The van der Waals surface area contributed by atoms with E-state index in [1.807, 2.05) is 7.05 Å². The molecular weight excluding hydrogens is 324 g/mol. The summed E-state index contributed by atoms with van der Waals surface area (Å²) < 4.78 is 29.0. The topological polar surface area (TPSA) is 12.0 Å². The molecule has 2 unspecified atom stereocenters. The van der Waals surface area contributed by atoms with E-state index < -0.39 is 11.6 Å². The van der Waals surface area contributed by atoms with E-state index in [1.165, 1.54) is 12.1 Å². The summed E-state index contributed by atoms with van der Waals surface area (Å²) in [6.07, 6.45) is 2.93. The van der Waals surface area contributed by atoms with Crippen molar-refractivity contribution in [3.05, 3.63) is 33.8 Å². The second-order valence-electron chi connectivity index (χ2n) is 6.59. The third-order valence-corrected chi connectivity index (χ3v) is 5.06. The van der Waals surface area contributed by atoms with Gasteiger partial charge in [0.25, 0.3) is 0 Å². The Labute approximate surface area is 128 Å². The lowest BCUT2D eigenvalue weighted by Gasteiger charge is -2.41. The highest BCUT2D eigenvalue weighted by Gasteiger charge is 2.38. The third kappa shape index (κ3) is 3.22. The molecule has 0 radical (unpaired) electrons. The molecule has 0 saturated heterocycles. The minimum atomic E-state index is -0.436. The number of benzene rings is 1. The Morgan fingerprint density at radius 1 is 1.35 bits per heavy atom. The molecular formula is C16H22BrF2N. The van der Waals surface area contributed by atoms with Crippen molar-refractivity contribution < 1.29 is 8.78 Å². The number of rotatable bonds is 3. The monoisotopic (exact) mass is 345 g/mol. The molecule has 4 heteroatoms. The predicted molar refractivity (Wildman–Crippen MR) is 81.8 cm³/mol. The van der Waals surface area contributed by atoms with E-state index in [1.54, 1.807) is 0 Å². The maximum atomic E-state index is 14.4. The van der Waals surface area contributed by atoms with E-state index >= 15 is 0 Å². The van der Waals surface area contributed by atoms with Crippen molar-refractivity contribution in [2.45, 2.75) is 39.0 Å². The highest BCUT2D eigenvalue weighted by atomic mass is 79.9. The normalized spacial score (nSPS) is 25.7. The molecule has 2 atom stereocenters. The summed E-state index contributed by atoms with van der Waals surface area (Å²) >= 11 is 3.18. The highest BCUT2D eigenvalue weighted by molar-refractivity contribution is 9.10. The van der Waals surface area contributed by atoms with Gasteiger partial charge in [-0.15, -0.1) is 0 Å². The van der Waals surface area contributed by atoms with E-state index in [-0.39, 0.29) is 22.8 Å². The van der Waals surface area contributed by atoms with Crippen LogP contribution in [0.1, 0.15) is 44.6 Å². The predicted octanol–water partition coefficient (Wildman–Crippen LogP) is 4.86. The number of nitrogens with one attached hydrogen (secondary N) is 1. The lowest BCUT2D eigenvalue weighted by molar-refractivity contribution is 0.156. The highest BCUT2D eigenvalue weighted by Crippen LogP contribution is 2.48. The largest absolute Gasteiger partial charge is 0.319 e. The Bertz CT molecular complexity index is 488. The first-order valence-electron chi connectivity index (χ1n) is 7.14. The fraction of sp³-hybridized carbons (Fsp3) is 0.625. The molecule has 1 saturated carbocycles. The molecule has 1 fully saturated rings. The summed E-state index contributed by atoms with van der Waals surface area (Å²) in [5, 5.41) is 3.16. The van der Waals surface area contributed by atoms with Gasteiger partial charge in [-0.2, -0.15) is 0 Å². The molecule has 1 N–H and O–H groups in total. The van der Waals surface area contributed by atoms with Crippen LogP contribution in [0.2, 0.25) is 0 Å². The standard InChI is InChI=1S/C16H22BrF2N/c1-16(2)7-6-10(9-20-3)11(8-16)14-13(18)5-4-12(17)15(14)19/h4-5,10-11,20H,6-9H2,1-3H3. The van der Waals surface area contributed by atoms with Crippen LogP contribution in [-0.4, -0.2) is 13.6 Å². The second-order valence-corrected chi connectivity index (χ2v) is 7.44. The molecule has 0 aromatic heterocycles. The molecule has 0 aliphatic heterocycles. The van der Waals surface area contributed by atoms with Gasteiger partial charge in [0.15, 0.2) is 0 Å². The van der Waals surface area contributed by atoms with Gasteiger partial charge in [0, 0.05) is 5.56 Å². The molecule has 112 valence electrons. The van der Waals surface area contributed by atoms with Crippen molar-refractivity contribution in [3.8, 4) is 0 Å². The van der Waals surface area contributed by atoms with Gasteiger partial charge in [-0.1, -0.05) is 13.8 Å². The molecule has 0 amide bonds. The van der Waals surface area contributed by atoms with Crippen molar-refractivity contribution in [1.29, 1.82) is 0 Å². The summed E-state index contributed by atoms with van der Waals surface area (Å²) in [5.74, 6) is -0.640. The van der Waals surface area contributed by atoms with Crippen molar-refractivity contribution in [1.82, 2.24) is 5.32 Å². The molecule has 2 rings (SSSR count). The Balaban J connectivity index is 2.42. The van der Waals surface area contributed by atoms with Gasteiger partial charge in [-0.05, 0) is 78.2 Å². The lowest BCUT2D eigenvalue weighted by atomic mass is 9.65. The number of hydrogen-bond donors (Lipinski definition) is 1. The molecule has 1 aliphatic carbocycles. The van der Waals surface area contributed by atoms with Crippen molar-refractivity contribution in [2.24, 2.45) is 11.3 Å². The van der Waals surface area contributed by atoms with Crippen LogP contribution in [0.3, 0.4) is 0 Å². The molecule has 1 aliphatic rings. The van der Waals surface area contributed by atoms with Gasteiger partial charge in [0.1, 0.15) is 11.6 Å². The van der Waals surface area contributed by atoms with E-state index in [4.69, 9.17) is 0 Å². The van der Waals surface area contributed by atoms with Gasteiger partial charge >= 0.3 is 0 Å². The molecule has 20 heavy (non-hydrogen) atoms. The first-order chi connectivity index (χ1) is 9.35. The van der Waals surface area contributed by atoms with E-state index in [0.717, 1.165) is 25.8 Å². The Morgan fingerprint density at radius 3 is 2.70 bits per heavy atom. The lowest BCUT2D eigenvalue weighted by Crippen LogP contribution is -2.34. The second kappa shape index (κ2) is 6.10. The molecule has 0 bridgehead atoms. The van der Waals surface area contributed by atoms with Crippen LogP contribution >= 0.6 is 15.9 Å². The van der Waals surface area contributed by atoms with Crippen LogP contribution in [0.4, 0.5) is 8.78 Å². The summed E-state index contributed by atoms with van der Waals surface area (Å²) in [6, 6.07) is 2.80. The van der Waals surface area contributed by atoms with Crippen molar-refractivity contribution in [2.75, 3.05) is 13.6 Å². The zero-order chi connectivity index (χ0) is 14.9. The zero-order valence-electron chi connectivity index (χ0n) is 12.3.